The van der Waals surface area contributed by atoms with Crippen molar-refractivity contribution in [2.24, 2.45) is 0 Å². The zero-order valence-electron chi connectivity index (χ0n) is 14.3. The molecule has 1 aliphatic carbocycles. The molecule has 0 N–H and O–H groups in total. The predicted molar refractivity (Wildman–Crippen MR) is 100 cm³/mol. The maximum atomic E-state index is 5.14. The molecule has 0 atom stereocenters. The highest BCUT2D eigenvalue weighted by atomic mass is 14.7. The molecule has 1 nitrogen and oxygen atoms in total. The predicted octanol–water partition coefficient (Wildman–Crippen LogP) is 5.53. The van der Waals surface area contributed by atoms with Crippen LogP contribution in [0.25, 0.3) is 11.3 Å². The van der Waals surface area contributed by atoms with Crippen LogP contribution in [0.2, 0.25) is 0 Å². The Bertz CT molecular complexity index is 835. The van der Waals surface area contributed by atoms with E-state index in [9.17, 15) is 0 Å². The number of aromatic nitrogens is 1. The lowest BCUT2D eigenvalue weighted by atomic mass is 9.86. The Morgan fingerprint density at radius 3 is 2.25 bits per heavy atom. The van der Waals surface area contributed by atoms with Crippen molar-refractivity contribution in [3.05, 3.63) is 88.6 Å². The second kappa shape index (κ2) is 6.60. The van der Waals surface area contributed by atoms with E-state index in [-0.39, 0.29) is 0 Å². The number of hydrogen-bond acceptors (Lipinski definition) is 1. The normalized spacial score (nSPS) is 13.5. The number of nitrogens with zero attached hydrogens (tertiary/aromatic N) is 1. The van der Waals surface area contributed by atoms with Gasteiger partial charge in [-0.25, -0.2) is 0 Å². The number of pyridine rings is 1. The quantitative estimate of drug-likeness (QED) is 0.620. The van der Waals surface area contributed by atoms with Gasteiger partial charge in [0.25, 0.3) is 0 Å². The second-order valence-electron chi connectivity index (χ2n) is 6.72. The van der Waals surface area contributed by atoms with Gasteiger partial charge in [0.2, 0.25) is 0 Å². The molecule has 120 valence electrons. The molecule has 0 saturated carbocycles. The van der Waals surface area contributed by atoms with Crippen LogP contribution in [-0.2, 0) is 19.3 Å². The fraction of sp³-hybridized carbons (Fsp3) is 0.261. The summed E-state index contributed by atoms with van der Waals surface area (Å²) in [7, 11) is 0. The van der Waals surface area contributed by atoms with Gasteiger partial charge >= 0.3 is 0 Å². The smallest absolute Gasteiger partial charge is 0.0743 e. The van der Waals surface area contributed by atoms with Crippen LogP contribution in [0, 0.1) is 6.92 Å². The van der Waals surface area contributed by atoms with Crippen LogP contribution in [0.4, 0.5) is 0 Å². The summed E-state index contributed by atoms with van der Waals surface area (Å²) >= 11 is 0. The summed E-state index contributed by atoms with van der Waals surface area (Å²) in [5.41, 5.74) is 9.46. The van der Waals surface area contributed by atoms with Gasteiger partial charge < -0.3 is 0 Å². The third-order valence-corrected chi connectivity index (χ3v) is 5.15. The van der Waals surface area contributed by atoms with Crippen LogP contribution in [0.5, 0.6) is 0 Å². The average Bonchev–Trinajstić information content (AvgIpc) is 2.65. The monoisotopic (exact) mass is 313 g/mol. The van der Waals surface area contributed by atoms with Crippen molar-refractivity contribution in [1.82, 2.24) is 4.98 Å². The van der Waals surface area contributed by atoms with Gasteiger partial charge in [-0.2, -0.15) is 0 Å². The Hall–Kier alpha value is -2.41. The van der Waals surface area contributed by atoms with E-state index < -0.39 is 0 Å². The van der Waals surface area contributed by atoms with E-state index in [0.29, 0.717) is 0 Å². The number of fused-ring (bicyclic) bond motifs is 1. The fourth-order valence-electron chi connectivity index (χ4n) is 3.83. The van der Waals surface area contributed by atoms with Crippen molar-refractivity contribution in [2.75, 3.05) is 0 Å². The molecule has 0 aliphatic heterocycles. The SMILES string of the molecule is Cc1c2c(nc(-c3ccccc3)c1Cc1ccccc1)CCCC2. The van der Waals surface area contributed by atoms with Crippen molar-refractivity contribution in [3.63, 3.8) is 0 Å². The molecule has 1 heteroatoms. The summed E-state index contributed by atoms with van der Waals surface area (Å²) in [6.45, 7) is 2.30. The van der Waals surface area contributed by atoms with E-state index in [0.717, 1.165) is 12.8 Å². The van der Waals surface area contributed by atoms with E-state index in [1.165, 1.54) is 58.5 Å². The summed E-state index contributed by atoms with van der Waals surface area (Å²) < 4.78 is 0. The molecule has 0 amide bonds. The van der Waals surface area contributed by atoms with Gasteiger partial charge in [-0.05, 0) is 61.3 Å². The molecule has 1 aromatic heterocycles. The summed E-state index contributed by atoms with van der Waals surface area (Å²) in [5, 5.41) is 0. The van der Waals surface area contributed by atoms with Crippen LogP contribution in [0.1, 0.15) is 40.8 Å². The lowest BCUT2D eigenvalue weighted by molar-refractivity contribution is 0.663. The molecule has 0 fully saturated rings. The standard InChI is InChI=1S/C23H23N/c1-17-20-14-8-9-15-22(20)24-23(19-12-6-3-7-13-19)21(17)16-18-10-4-2-5-11-18/h2-7,10-13H,8-9,14-16H2,1H3. The largest absolute Gasteiger partial charge is 0.252 e. The van der Waals surface area contributed by atoms with Crippen molar-refractivity contribution < 1.29 is 0 Å². The lowest BCUT2D eigenvalue weighted by Crippen LogP contribution is -2.12. The Morgan fingerprint density at radius 1 is 0.833 bits per heavy atom. The third-order valence-electron chi connectivity index (χ3n) is 5.15. The van der Waals surface area contributed by atoms with Crippen LogP contribution in [-0.4, -0.2) is 4.98 Å². The molecular weight excluding hydrogens is 290 g/mol. The molecule has 4 rings (SSSR count). The second-order valence-corrected chi connectivity index (χ2v) is 6.72. The van der Waals surface area contributed by atoms with Crippen LogP contribution >= 0.6 is 0 Å². The molecule has 2 aromatic carbocycles. The Balaban J connectivity index is 1.88. The molecule has 24 heavy (non-hydrogen) atoms. The zero-order chi connectivity index (χ0) is 16.4. The first-order valence-electron chi connectivity index (χ1n) is 8.93. The topological polar surface area (TPSA) is 12.9 Å². The molecule has 0 unspecified atom stereocenters. The first-order chi connectivity index (χ1) is 11.8. The molecule has 1 aliphatic rings. The molecule has 0 saturated heterocycles. The van der Waals surface area contributed by atoms with E-state index in [1.54, 1.807) is 0 Å². The average molecular weight is 313 g/mol. The molecular formula is C23H23N. The summed E-state index contributed by atoms with van der Waals surface area (Å²) in [5.74, 6) is 0. The highest BCUT2D eigenvalue weighted by molar-refractivity contribution is 5.67. The number of aryl methyl sites for hydroxylation is 1. The van der Waals surface area contributed by atoms with Crippen molar-refractivity contribution in [2.45, 2.75) is 39.0 Å². The molecule has 0 radical (unpaired) electrons. The fourth-order valence-corrected chi connectivity index (χ4v) is 3.83. The number of benzene rings is 2. The van der Waals surface area contributed by atoms with Crippen LogP contribution in [0.15, 0.2) is 60.7 Å². The maximum Gasteiger partial charge on any atom is 0.0743 e. The summed E-state index contributed by atoms with van der Waals surface area (Å²) in [4.78, 5) is 5.14. The highest BCUT2D eigenvalue weighted by Crippen LogP contribution is 2.33. The summed E-state index contributed by atoms with van der Waals surface area (Å²) in [6.07, 6.45) is 5.83. The van der Waals surface area contributed by atoms with E-state index >= 15 is 0 Å². The molecule has 3 aromatic rings. The van der Waals surface area contributed by atoms with Crippen molar-refractivity contribution in [3.8, 4) is 11.3 Å². The molecule has 1 heterocycles. The Morgan fingerprint density at radius 2 is 1.50 bits per heavy atom. The van der Waals surface area contributed by atoms with Gasteiger partial charge in [-0.3, -0.25) is 4.98 Å². The lowest BCUT2D eigenvalue weighted by Gasteiger charge is -2.23. The Labute approximate surface area is 144 Å². The highest BCUT2D eigenvalue weighted by Gasteiger charge is 2.20. The number of rotatable bonds is 3. The molecule has 0 spiro atoms. The van der Waals surface area contributed by atoms with Gasteiger partial charge in [-0.1, -0.05) is 60.7 Å². The minimum atomic E-state index is 0.956. The van der Waals surface area contributed by atoms with Gasteiger partial charge in [0.05, 0.1) is 5.69 Å². The van der Waals surface area contributed by atoms with Gasteiger partial charge in [0, 0.05) is 11.3 Å². The maximum absolute atomic E-state index is 5.14. The minimum absolute atomic E-state index is 0.956. The van der Waals surface area contributed by atoms with Crippen LogP contribution < -0.4 is 0 Å². The first-order valence-corrected chi connectivity index (χ1v) is 8.93. The van der Waals surface area contributed by atoms with Gasteiger partial charge in [0.1, 0.15) is 0 Å². The van der Waals surface area contributed by atoms with E-state index in [4.69, 9.17) is 4.98 Å². The van der Waals surface area contributed by atoms with Crippen molar-refractivity contribution >= 4 is 0 Å². The Kier molecular flexibility index (Phi) is 4.17. The minimum Gasteiger partial charge on any atom is -0.252 e. The zero-order valence-corrected chi connectivity index (χ0v) is 14.3. The van der Waals surface area contributed by atoms with Crippen molar-refractivity contribution in [1.29, 1.82) is 0 Å². The van der Waals surface area contributed by atoms with E-state index in [1.807, 2.05) is 0 Å². The molecule has 0 bridgehead atoms. The summed E-state index contributed by atoms with van der Waals surface area (Å²) in [6, 6.07) is 21.4. The number of hydrogen-bond donors (Lipinski definition) is 0. The first kappa shape index (κ1) is 15.1. The third kappa shape index (κ3) is 2.87. The van der Waals surface area contributed by atoms with Gasteiger partial charge in [0.15, 0.2) is 0 Å². The van der Waals surface area contributed by atoms with Gasteiger partial charge in [-0.15, -0.1) is 0 Å². The van der Waals surface area contributed by atoms with E-state index in [2.05, 4.69) is 67.6 Å². The van der Waals surface area contributed by atoms with Crippen LogP contribution in [0.3, 0.4) is 0 Å².